The Bertz CT molecular complexity index is 810. The largest absolute Gasteiger partial charge is 0.335 e. The minimum absolute atomic E-state index is 0.161. The van der Waals surface area contributed by atoms with Crippen LogP contribution in [-0.4, -0.2) is 9.55 Å². The van der Waals surface area contributed by atoms with Crippen LogP contribution >= 0.6 is 28.1 Å². The predicted octanol–water partition coefficient (Wildman–Crippen LogP) is 4.33. The molecule has 1 aromatic carbocycles. The first-order chi connectivity index (χ1) is 9.45. The Morgan fingerprint density at radius 3 is 2.90 bits per heavy atom. The van der Waals surface area contributed by atoms with Crippen molar-refractivity contribution in [3.05, 3.63) is 50.0 Å². The minimum atomic E-state index is -0.481. The van der Waals surface area contributed by atoms with E-state index in [1.165, 1.54) is 12.1 Å². The van der Waals surface area contributed by atoms with Gasteiger partial charge in [-0.2, -0.15) is 0 Å². The van der Waals surface area contributed by atoms with E-state index in [0.29, 0.717) is 15.8 Å². The number of imidazole rings is 1. The first-order valence-corrected chi connectivity index (χ1v) is 7.59. The number of nitrogens with zero attached hydrogens (tertiary/aromatic N) is 1. The normalized spacial score (nSPS) is 26.5. The van der Waals surface area contributed by atoms with E-state index in [0.717, 1.165) is 17.8 Å². The number of halogens is 3. The molecule has 2 aliphatic rings. The van der Waals surface area contributed by atoms with Gasteiger partial charge in [-0.1, -0.05) is 0 Å². The molecule has 0 radical (unpaired) electrons. The first kappa shape index (κ1) is 12.7. The Morgan fingerprint density at radius 1 is 1.45 bits per heavy atom. The fourth-order valence-electron chi connectivity index (χ4n) is 3.67. The van der Waals surface area contributed by atoms with Gasteiger partial charge < -0.3 is 9.55 Å². The van der Waals surface area contributed by atoms with E-state index in [2.05, 4.69) is 20.9 Å². The van der Waals surface area contributed by atoms with Crippen LogP contribution < -0.4 is 0 Å². The second kappa shape index (κ2) is 3.80. The average molecular weight is 357 g/mol. The molecule has 1 aliphatic heterocycles. The van der Waals surface area contributed by atoms with Gasteiger partial charge in [-0.15, -0.1) is 0 Å². The van der Waals surface area contributed by atoms with Crippen molar-refractivity contribution in [2.24, 2.45) is 0 Å². The molecule has 0 spiro atoms. The second-order valence-electron chi connectivity index (χ2n) is 5.66. The van der Waals surface area contributed by atoms with Crippen molar-refractivity contribution in [1.29, 1.82) is 0 Å². The van der Waals surface area contributed by atoms with E-state index in [1.54, 1.807) is 0 Å². The quantitative estimate of drug-likeness (QED) is 0.595. The maximum atomic E-state index is 14.4. The maximum absolute atomic E-state index is 14.4. The van der Waals surface area contributed by atoms with Crippen LogP contribution in [0.3, 0.4) is 0 Å². The molecule has 1 aromatic heterocycles. The molecule has 0 amide bonds. The molecule has 0 bridgehead atoms. The topological polar surface area (TPSA) is 20.7 Å². The number of aryl methyl sites for hydroxylation is 1. The number of aromatic nitrogens is 2. The smallest absolute Gasteiger partial charge is 0.177 e. The van der Waals surface area contributed by atoms with Gasteiger partial charge in [-0.05, 0) is 53.6 Å². The summed E-state index contributed by atoms with van der Waals surface area (Å²) < 4.78 is 31.5. The lowest BCUT2D eigenvalue weighted by atomic mass is 9.93. The highest BCUT2D eigenvalue weighted by atomic mass is 79.9. The summed E-state index contributed by atoms with van der Waals surface area (Å²) in [7, 11) is 0. The van der Waals surface area contributed by atoms with Gasteiger partial charge in [0.15, 0.2) is 4.77 Å². The van der Waals surface area contributed by atoms with Crippen molar-refractivity contribution in [2.75, 3.05) is 0 Å². The summed E-state index contributed by atoms with van der Waals surface area (Å²) in [6.45, 7) is 2.52. The molecule has 1 aliphatic carbocycles. The van der Waals surface area contributed by atoms with Crippen LogP contribution in [0.2, 0.25) is 0 Å². The average Bonchev–Trinajstić information content (AvgIpc) is 2.88. The van der Waals surface area contributed by atoms with Crippen LogP contribution in [0.5, 0.6) is 0 Å². The van der Waals surface area contributed by atoms with Crippen molar-refractivity contribution in [1.82, 2.24) is 9.55 Å². The Kier molecular flexibility index (Phi) is 2.41. The number of hydrogen-bond donors (Lipinski definition) is 1. The number of benzene rings is 1. The molecule has 0 unspecified atom stereocenters. The molecule has 2 atom stereocenters. The van der Waals surface area contributed by atoms with Gasteiger partial charge in [0.05, 0.1) is 4.47 Å². The lowest BCUT2D eigenvalue weighted by Crippen LogP contribution is -2.17. The highest BCUT2D eigenvalue weighted by molar-refractivity contribution is 9.10. The molecule has 104 valence electrons. The zero-order chi connectivity index (χ0) is 14.2. The molecule has 2 nitrogen and oxygen atoms in total. The van der Waals surface area contributed by atoms with E-state index < -0.39 is 17.0 Å². The zero-order valence-electron chi connectivity index (χ0n) is 10.6. The van der Waals surface area contributed by atoms with E-state index in [4.69, 9.17) is 12.2 Å². The van der Waals surface area contributed by atoms with Crippen LogP contribution in [0.1, 0.15) is 29.3 Å². The Balaban J connectivity index is 1.91. The van der Waals surface area contributed by atoms with Gasteiger partial charge in [-0.25, -0.2) is 8.78 Å². The number of hydrogen-bond acceptors (Lipinski definition) is 1. The van der Waals surface area contributed by atoms with Crippen molar-refractivity contribution in [2.45, 2.75) is 31.2 Å². The number of nitrogens with one attached hydrogen (secondary N) is 1. The standard InChI is InChI=1S/C14H11BrF2N2S/c1-6-12-7-4-14(7,5-19(12)13(20)18-6)10-9(16)3-2-8(15)11(10)17/h2-3,7H,4-5H2,1H3,(H,18,20)/t7-,14-/m0/s1. The fraction of sp³-hybridized carbons (Fsp3) is 0.357. The predicted molar refractivity (Wildman–Crippen MR) is 77.4 cm³/mol. The summed E-state index contributed by atoms with van der Waals surface area (Å²) in [6.07, 6.45) is 0.782. The summed E-state index contributed by atoms with van der Waals surface area (Å²) in [5.74, 6) is -0.786. The SMILES string of the molecule is Cc1[nH]c(=S)n2c1[C@@H]1C[C@]1(c1c(F)ccc(Br)c1F)C2. The lowest BCUT2D eigenvalue weighted by molar-refractivity contribution is 0.484. The number of H-pyrrole nitrogens is 1. The molecule has 20 heavy (non-hydrogen) atoms. The fourth-order valence-corrected chi connectivity index (χ4v) is 4.32. The maximum Gasteiger partial charge on any atom is 0.177 e. The molecule has 6 heteroatoms. The molecule has 1 N–H and O–H groups in total. The summed E-state index contributed by atoms with van der Waals surface area (Å²) in [5, 5.41) is 0. The van der Waals surface area contributed by atoms with E-state index in [1.807, 2.05) is 11.5 Å². The van der Waals surface area contributed by atoms with Crippen molar-refractivity contribution < 1.29 is 8.78 Å². The van der Waals surface area contributed by atoms with E-state index >= 15 is 0 Å². The van der Waals surface area contributed by atoms with Crippen LogP contribution in [0.25, 0.3) is 0 Å². The van der Waals surface area contributed by atoms with Gasteiger partial charge in [-0.3, -0.25) is 0 Å². The van der Waals surface area contributed by atoms with Crippen LogP contribution in [0.4, 0.5) is 8.78 Å². The number of rotatable bonds is 1. The van der Waals surface area contributed by atoms with E-state index in [9.17, 15) is 8.78 Å². The van der Waals surface area contributed by atoms with Gasteiger partial charge >= 0.3 is 0 Å². The zero-order valence-corrected chi connectivity index (χ0v) is 13.0. The molecule has 0 saturated heterocycles. The summed E-state index contributed by atoms with van der Waals surface area (Å²) in [4.78, 5) is 3.13. The summed E-state index contributed by atoms with van der Waals surface area (Å²) in [6, 6.07) is 2.74. The number of fused-ring (bicyclic) bond motifs is 3. The van der Waals surface area contributed by atoms with Crippen molar-refractivity contribution in [3.63, 3.8) is 0 Å². The lowest BCUT2D eigenvalue weighted by Gasteiger charge is -2.16. The van der Waals surface area contributed by atoms with Gasteiger partial charge in [0.1, 0.15) is 11.6 Å². The number of aromatic amines is 1. The summed E-state index contributed by atoms with van der Waals surface area (Å²) in [5.41, 5.74) is 1.86. The van der Waals surface area contributed by atoms with Crippen LogP contribution in [-0.2, 0) is 12.0 Å². The Hall–Kier alpha value is -1.01. The highest BCUT2D eigenvalue weighted by Gasteiger charge is 2.64. The highest BCUT2D eigenvalue weighted by Crippen LogP contribution is 2.67. The second-order valence-corrected chi connectivity index (χ2v) is 6.90. The third-order valence-electron chi connectivity index (χ3n) is 4.60. The molecule has 2 heterocycles. The van der Waals surface area contributed by atoms with Crippen molar-refractivity contribution in [3.8, 4) is 0 Å². The summed E-state index contributed by atoms with van der Waals surface area (Å²) >= 11 is 8.42. The Labute approximate surface area is 127 Å². The molecule has 1 saturated carbocycles. The van der Waals surface area contributed by atoms with Crippen LogP contribution in [0, 0.1) is 23.3 Å². The molecule has 1 fully saturated rings. The third kappa shape index (κ3) is 1.39. The Morgan fingerprint density at radius 2 is 2.20 bits per heavy atom. The van der Waals surface area contributed by atoms with Gasteiger partial charge in [0.2, 0.25) is 0 Å². The first-order valence-electron chi connectivity index (χ1n) is 6.39. The van der Waals surface area contributed by atoms with Crippen molar-refractivity contribution >= 4 is 28.1 Å². The van der Waals surface area contributed by atoms with Gasteiger partial charge in [0.25, 0.3) is 0 Å². The molecular formula is C14H11BrF2N2S. The monoisotopic (exact) mass is 356 g/mol. The molecule has 2 aromatic rings. The van der Waals surface area contributed by atoms with Gasteiger partial charge in [0, 0.05) is 34.8 Å². The van der Waals surface area contributed by atoms with Crippen LogP contribution in [0.15, 0.2) is 16.6 Å². The van der Waals surface area contributed by atoms with E-state index in [-0.39, 0.29) is 11.5 Å². The molecule has 4 rings (SSSR count). The molecular weight excluding hydrogens is 346 g/mol. The minimum Gasteiger partial charge on any atom is -0.335 e. The third-order valence-corrected chi connectivity index (χ3v) is 5.54.